The average Bonchev–Trinajstić information content (AvgIpc) is 3.26. The number of rotatable bonds is 5. The summed E-state index contributed by atoms with van der Waals surface area (Å²) in [5.74, 6) is 0.618. The zero-order valence-corrected chi connectivity index (χ0v) is 14.9. The van der Waals surface area contributed by atoms with Crippen LogP contribution in [0.1, 0.15) is 17.5 Å². The molecule has 0 aliphatic carbocycles. The number of nitrogens with zero attached hydrogens (tertiary/aromatic N) is 2. The Bertz CT molecular complexity index is 881. The number of benzene rings is 1. The van der Waals surface area contributed by atoms with Gasteiger partial charge in [0, 0.05) is 22.8 Å². The van der Waals surface area contributed by atoms with Crippen molar-refractivity contribution >= 4 is 34.9 Å². The topological polar surface area (TPSA) is 54.7 Å². The monoisotopic (exact) mass is 378 g/mol. The number of fused-ring (bicyclic) bond motifs is 1. The lowest BCUT2D eigenvalue weighted by molar-refractivity contribution is -0.0786. The van der Waals surface area contributed by atoms with Crippen molar-refractivity contribution in [3.8, 4) is 5.75 Å². The van der Waals surface area contributed by atoms with E-state index in [0.29, 0.717) is 29.6 Å². The predicted octanol–water partition coefficient (Wildman–Crippen LogP) is 4.47. The van der Waals surface area contributed by atoms with Crippen LogP contribution in [0.25, 0.3) is 11.0 Å². The number of halogens is 1. The lowest BCUT2D eigenvalue weighted by Gasteiger charge is -2.11. The van der Waals surface area contributed by atoms with Gasteiger partial charge in [0.2, 0.25) is 0 Å². The molecular formula is C17H15ClN2O4S. The summed E-state index contributed by atoms with van der Waals surface area (Å²) in [6.45, 7) is 3.05. The smallest absolute Gasteiger partial charge is 0.186 e. The van der Waals surface area contributed by atoms with E-state index in [2.05, 4.69) is 4.98 Å². The highest BCUT2D eigenvalue weighted by Gasteiger charge is 2.24. The number of para-hydroxylation sites is 1. The fourth-order valence-corrected chi connectivity index (χ4v) is 3.43. The Morgan fingerprint density at radius 1 is 1.24 bits per heavy atom. The first-order valence-electron chi connectivity index (χ1n) is 7.70. The van der Waals surface area contributed by atoms with Crippen molar-refractivity contribution in [3.63, 3.8) is 0 Å². The Morgan fingerprint density at radius 2 is 2.00 bits per heavy atom. The van der Waals surface area contributed by atoms with Crippen LogP contribution < -0.4 is 4.89 Å². The molecule has 0 atom stereocenters. The van der Waals surface area contributed by atoms with Gasteiger partial charge in [-0.15, -0.1) is 0 Å². The zero-order chi connectivity index (χ0) is 17.2. The molecule has 0 spiro atoms. The predicted molar refractivity (Wildman–Crippen MR) is 95.3 cm³/mol. The molecule has 1 aliphatic heterocycles. The summed E-state index contributed by atoms with van der Waals surface area (Å²) in [4.78, 5) is 9.75. The third kappa shape index (κ3) is 3.33. The second-order valence-corrected chi connectivity index (χ2v) is 6.49. The fraction of sp³-hybridized carbons (Fsp3) is 0.235. The molecule has 0 radical (unpaired) electrons. The van der Waals surface area contributed by atoms with Gasteiger partial charge in [-0.2, -0.15) is 0 Å². The third-order valence-electron chi connectivity index (χ3n) is 3.78. The van der Waals surface area contributed by atoms with E-state index in [-0.39, 0.29) is 0 Å². The highest BCUT2D eigenvalue weighted by atomic mass is 35.5. The molecule has 1 aromatic carbocycles. The summed E-state index contributed by atoms with van der Waals surface area (Å²) in [5, 5.41) is 1.38. The van der Waals surface area contributed by atoms with Crippen molar-refractivity contribution in [2.75, 3.05) is 13.2 Å². The molecule has 130 valence electrons. The van der Waals surface area contributed by atoms with Crippen LogP contribution in [-0.2, 0) is 13.8 Å². The Balaban J connectivity index is 1.57. The van der Waals surface area contributed by atoms with Crippen LogP contribution >= 0.6 is 23.8 Å². The number of aryl methyl sites for hydroxylation is 1. The minimum Gasteiger partial charge on any atom is -0.346 e. The van der Waals surface area contributed by atoms with Crippen molar-refractivity contribution < 1.29 is 18.7 Å². The lowest BCUT2D eigenvalue weighted by Crippen LogP contribution is -2.01. The summed E-state index contributed by atoms with van der Waals surface area (Å²) < 4.78 is 18.1. The number of hydrogen-bond donors (Lipinski definition) is 0. The maximum absolute atomic E-state index is 6.54. The molecule has 0 unspecified atom stereocenters. The van der Waals surface area contributed by atoms with Crippen LogP contribution in [0.2, 0.25) is 5.02 Å². The van der Waals surface area contributed by atoms with Crippen LogP contribution in [0, 0.1) is 6.92 Å². The van der Waals surface area contributed by atoms with Crippen LogP contribution in [0.5, 0.6) is 5.75 Å². The number of hydrogen-bond acceptors (Lipinski definition) is 6. The lowest BCUT2D eigenvalue weighted by atomic mass is 10.2. The van der Waals surface area contributed by atoms with Crippen LogP contribution in [0.15, 0.2) is 42.6 Å². The second-order valence-electron chi connectivity index (χ2n) is 5.46. The van der Waals surface area contributed by atoms with Gasteiger partial charge in [0.25, 0.3) is 0 Å². The SMILES string of the molecule is Cc1cc2c(Cl)c(C3OCCO3)cnc2n1SOOc1ccccc1. The van der Waals surface area contributed by atoms with Gasteiger partial charge < -0.3 is 14.4 Å². The van der Waals surface area contributed by atoms with Crippen molar-refractivity contribution in [2.24, 2.45) is 0 Å². The quantitative estimate of drug-likeness (QED) is 0.371. The minimum absolute atomic E-state index is 0.460. The van der Waals surface area contributed by atoms with Crippen LogP contribution in [0.3, 0.4) is 0 Å². The molecule has 0 N–H and O–H groups in total. The Labute approximate surface area is 153 Å². The summed E-state index contributed by atoms with van der Waals surface area (Å²) >= 11 is 7.58. The molecule has 6 nitrogen and oxygen atoms in total. The standard InChI is InChI=1S/C17H15ClN2O4S/c1-11-9-13-15(18)14(17-21-7-8-22-17)10-19-16(13)20(11)25-24-23-12-5-3-2-4-6-12/h2-6,9-10,17H,7-8H2,1H3. The van der Waals surface area contributed by atoms with E-state index < -0.39 is 6.29 Å². The fourth-order valence-electron chi connectivity index (χ4n) is 2.59. The van der Waals surface area contributed by atoms with E-state index in [9.17, 15) is 0 Å². The highest BCUT2D eigenvalue weighted by molar-refractivity contribution is 7.93. The van der Waals surface area contributed by atoms with Crippen molar-refractivity contribution in [2.45, 2.75) is 13.2 Å². The van der Waals surface area contributed by atoms with Crippen molar-refractivity contribution in [1.29, 1.82) is 0 Å². The first-order valence-corrected chi connectivity index (χ1v) is 8.78. The molecule has 25 heavy (non-hydrogen) atoms. The Hall–Kier alpha value is -1.77. The summed E-state index contributed by atoms with van der Waals surface area (Å²) in [7, 11) is 0. The molecule has 8 heteroatoms. The molecule has 1 aliphatic rings. The molecule has 1 saturated heterocycles. The molecular weight excluding hydrogens is 364 g/mol. The highest BCUT2D eigenvalue weighted by Crippen LogP contribution is 2.36. The van der Waals surface area contributed by atoms with Gasteiger partial charge in [0.05, 0.1) is 18.2 Å². The molecule has 0 bridgehead atoms. The summed E-state index contributed by atoms with van der Waals surface area (Å²) in [6.07, 6.45) is 1.22. The van der Waals surface area contributed by atoms with E-state index in [1.54, 1.807) is 6.20 Å². The van der Waals surface area contributed by atoms with Crippen LogP contribution in [0.4, 0.5) is 0 Å². The van der Waals surface area contributed by atoms with Gasteiger partial charge in [-0.1, -0.05) is 34.1 Å². The average molecular weight is 379 g/mol. The largest absolute Gasteiger partial charge is 0.346 e. The molecule has 4 rings (SSSR count). The maximum atomic E-state index is 6.54. The summed E-state index contributed by atoms with van der Waals surface area (Å²) in [5.41, 5.74) is 2.35. The zero-order valence-electron chi connectivity index (χ0n) is 13.3. The first-order chi connectivity index (χ1) is 12.2. The van der Waals surface area contributed by atoms with E-state index >= 15 is 0 Å². The van der Waals surface area contributed by atoms with Crippen molar-refractivity contribution in [1.82, 2.24) is 8.96 Å². The van der Waals surface area contributed by atoms with Gasteiger partial charge in [-0.3, -0.25) is 0 Å². The van der Waals surface area contributed by atoms with Gasteiger partial charge in [0.15, 0.2) is 29.9 Å². The number of pyridine rings is 1. The second kappa shape index (κ2) is 7.23. The van der Waals surface area contributed by atoms with Gasteiger partial charge in [0.1, 0.15) is 0 Å². The molecule has 3 aromatic rings. The molecule has 0 amide bonds. The Morgan fingerprint density at radius 3 is 2.76 bits per heavy atom. The third-order valence-corrected chi connectivity index (χ3v) is 4.94. The normalized spacial score (nSPS) is 15.1. The molecule has 0 saturated carbocycles. The minimum atomic E-state index is -0.460. The number of aromatic nitrogens is 2. The van der Waals surface area contributed by atoms with Gasteiger partial charge >= 0.3 is 0 Å². The van der Waals surface area contributed by atoms with Crippen molar-refractivity contribution in [3.05, 3.63) is 58.9 Å². The van der Waals surface area contributed by atoms with Gasteiger partial charge in [-0.25, -0.2) is 8.96 Å². The van der Waals surface area contributed by atoms with E-state index in [0.717, 1.165) is 28.9 Å². The van der Waals surface area contributed by atoms with E-state index in [1.807, 2.05) is 47.3 Å². The van der Waals surface area contributed by atoms with E-state index in [1.165, 1.54) is 0 Å². The maximum Gasteiger partial charge on any atom is 0.186 e. The molecule has 1 fully saturated rings. The number of ether oxygens (including phenoxy) is 2. The Kier molecular flexibility index (Phi) is 4.82. The molecule has 2 aromatic heterocycles. The van der Waals surface area contributed by atoms with Crippen LogP contribution in [-0.4, -0.2) is 22.2 Å². The van der Waals surface area contributed by atoms with Gasteiger partial charge in [-0.05, 0) is 25.1 Å². The molecule has 3 heterocycles. The first kappa shape index (κ1) is 16.7. The summed E-state index contributed by atoms with van der Waals surface area (Å²) in [6, 6.07) is 11.2. The van der Waals surface area contributed by atoms with E-state index in [4.69, 9.17) is 30.3 Å².